The first-order valence-electron chi connectivity index (χ1n) is 10.3. The van der Waals surface area contributed by atoms with Crippen molar-refractivity contribution in [1.29, 1.82) is 0 Å². The van der Waals surface area contributed by atoms with E-state index in [0.29, 0.717) is 11.5 Å². The fourth-order valence-electron chi connectivity index (χ4n) is 4.19. The summed E-state index contributed by atoms with van der Waals surface area (Å²) < 4.78 is 7.10. The Kier molecular flexibility index (Phi) is 6.07. The van der Waals surface area contributed by atoms with E-state index in [-0.39, 0.29) is 5.91 Å². The third-order valence-corrected chi connectivity index (χ3v) is 5.91. The first kappa shape index (κ1) is 19.2. The van der Waals surface area contributed by atoms with Gasteiger partial charge in [-0.2, -0.15) is 5.10 Å². The van der Waals surface area contributed by atoms with Crippen LogP contribution in [0.2, 0.25) is 0 Å². The van der Waals surface area contributed by atoms with Crippen LogP contribution >= 0.6 is 0 Å². The number of ether oxygens (including phenoxy) is 1. The fraction of sp³-hybridized carbons (Fsp3) is 0.545. The van der Waals surface area contributed by atoms with E-state index in [1.54, 1.807) is 17.1 Å². The van der Waals surface area contributed by atoms with E-state index in [1.807, 2.05) is 11.9 Å². The quantitative estimate of drug-likeness (QED) is 0.797. The molecule has 6 heteroatoms. The van der Waals surface area contributed by atoms with Gasteiger partial charge in [-0.05, 0) is 36.3 Å². The second-order valence-electron chi connectivity index (χ2n) is 8.05. The van der Waals surface area contributed by atoms with E-state index in [1.165, 1.54) is 11.1 Å². The number of carbonyl (C=O) groups is 1. The highest BCUT2D eigenvalue weighted by atomic mass is 16.5. The minimum Gasteiger partial charge on any atom is -0.379 e. The fourth-order valence-corrected chi connectivity index (χ4v) is 4.19. The van der Waals surface area contributed by atoms with Crippen LogP contribution in [0.3, 0.4) is 0 Å². The molecular formula is C22H30N4O2. The molecule has 1 aromatic carbocycles. The molecule has 2 fully saturated rings. The van der Waals surface area contributed by atoms with Crippen LogP contribution in [0.4, 0.5) is 0 Å². The number of likely N-dealkylation sites (tertiary alicyclic amines) is 1. The number of aromatic nitrogens is 2. The monoisotopic (exact) mass is 382 g/mol. The van der Waals surface area contributed by atoms with Crippen LogP contribution in [0.1, 0.15) is 34.3 Å². The summed E-state index contributed by atoms with van der Waals surface area (Å²) in [4.78, 5) is 17.0. The predicted octanol–water partition coefficient (Wildman–Crippen LogP) is 2.35. The molecule has 2 aliphatic heterocycles. The zero-order valence-electron chi connectivity index (χ0n) is 16.7. The summed E-state index contributed by atoms with van der Waals surface area (Å²) >= 11 is 0. The lowest BCUT2D eigenvalue weighted by atomic mass is 9.89. The third-order valence-electron chi connectivity index (χ3n) is 5.91. The van der Waals surface area contributed by atoms with Gasteiger partial charge >= 0.3 is 0 Å². The van der Waals surface area contributed by atoms with Crippen LogP contribution < -0.4 is 0 Å². The second kappa shape index (κ2) is 8.88. The number of morpholine rings is 1. The van der Waals surface area contributed by atoms with Crippen molar-refractivity contribution >= 4 is 5.91 Å². The molecule has 2 aliphatic rings. The molecule has 0 radical (unpaired) electrons. The smallest absolute Gasteiger partial charge is 0.257 e. The van der Waals surface area contributed by atoms with Gasteiger partial charge in [0.25, 0.3) is 5.91 Å². The number of benzene rings is 1. The van der Waals surface area contributed by atoms with Gasteiger partial charge in [-0.15, -0.1) is 0 Å². The molecule has 0 unspecified atom stereocenters. The minimum atomic E-state index is 0.110. The van der Waals surface area contributed by atoms with Crippen molar-refractivity contribution in [2.75, 3.05) is 39.4 Å². The number of amides is 1. The number of rotatable bonds is 5. The van der Waals surface area contributed by atoms with Crippen LogP contribution in [-0.4, -0.2) is 64.9 Å². The molecular weight excluding hydrogens is 352 g/mol. The van der Waals surface area contributed by atoms with Crippen LogP contribution in [0.25, 0.3) is 0 Å². The molecule has 1 aromatic heterocycles. The minimum absolute atomic E-state index is 0.110. The Labute approximate surface area is 167 Å². The van der Waals surface area contributed by atoms with Gasteiger partial charge in [-0.25, -0.2) is 0 Å². The average molecular weight is 383 g/mol. The van der Waals surface area contributed by atoms with Crippen LogP contribution in [-0.2, 0) is 24.8 Å². The molecule has 0 aliphatic carbocycles. The first-order chi connectivity index (χ1) is 13.7. The first-order valence-corrected chi connectivity index (χ1v) is 10.3. The molecule has 3 heterocycles. The number of piperidine rings is 1. The summed E-state index contributed by atoms with van der Waals surface area (Å²) in [6.07, 6.45) is 6.70. The zero-order chi connectivity index (χ0) is 19.3. The topological polar surface area (TPSA) is 50.6 Å². The molecule has 2 saturated heterocycles. The van der Waals surface area contributed by atoms with Crippen molar-refractivity contribution in [2.45, 2.75) is 25.8 Å². The number of carbonyl (C=O) groups excluding carboxylic acids is 1. The van der Waals surface area contributed by atoms with Crippen molar-refractivity contribution < 1.29 is 9.53 Å². The van der Waals surface area contributed by atoms with Gasteiger partial charge in [0.05, 0.1) is 25.0 Å². The SMILES string of the molecule is Cn1cc(C(=O)N2CCC(Cc3ccc(CN4CCOCC4)cc3)CC2)cn1. The molecule has 4 rings (SSSR count). The van der Waals surface area contributed by atoms with Gasteiger partial charge in [-0.3, -0.25) is 14.4 Å². The third kappa shape index (κ3) is 4.80. The van der Waals surface area contributed by atoms with Crippen LogP contribution in [0.5, 0.6) is 0 Å². The summed E-state index contributed by atoms with van der Waals surface area (Å²) in [6, 6.07) is 9.10. The van der Waals surface area contributed by atoms with E-state index in [2.05, 4.69) is 34.3 Å². The maximum atomic E-state index is 12.5. The molecule has 1 amide bonds. The van der Waals surface area contributed by atoms with E-state index < -0.39 is 0 Å². The standard InChI is InChI=1S/C22H30N4O2/c1-24-17-21(15-23-24)22(27)26-8-6-19(7-9-26)14-18-2-4-20(5-3-18)16-25-10-12-28-13-11-25/h2-5,15,17,19H,6-14,16H2,1H3. The van der Waals surface area contributed by atoms with E-state index in [9.17, 15) is 4.79 Å². The second-order valence-corrected chi connectivity index (χ2v) is 8.05. The molecule has 0 bridgehead atoms. The van der Waals surface area contributed by atoms with Gasteiger partial charge in [0.2, 0.25) is 0 Å². The summed E-state index contributed by atoms with van der Waals surface area (Å²) in [5, 5.41) is 4.11. The molecule has 28 heavy (non-hydrogen) atoms. The van der Waals surface area contributed by atoms with E-state index >= 15 is 0 Å². The van der Waals surface area contributed by atoms with Crippen molar-refractivity contribution in [3.63, 3.8) is 0 Å². The lowest BCUT2D eigenvalue weighted by Gasteiger charge is -2.32. The van der Waals surface area contributed by atoms with Crippen molar-refractivity contribution in [2.24, 2.45) is 13.0 Å². The predicted molar refractivity (Wildman–Crippen MR) is 108 cm³/mol. The van der Waals surface area contributed by atoms with Crippen molar-refractivity contribution in [1.82, 2.24) is 19.6 Å². The Bertz CT molecular complexity index is 772. The number of aryl methyl sites for hydroxylation is 1. The van der Waals surface area contributed by atoms with Crippen molar-refractivity contribution in [3.8, 4) is 0 Å². The average Bonchev–Trinajstić information content (AvgIpc) is 3.17. The van der Waals surface area contributed by atoms with Crippen molar-refractivity contribution in [3.05, 3.63) is 53.3 Å². The Hall–Kier alpha value is -2.18. The van der Waals surface area contributed by atoms with Crippen LogP contribution in [0.15, 0.2) is 36.7 Å². The number of nitrogens with zero attached hydrogens (tertiary/aromatic N) is 4. The Balaban J connectivity index is 1.24. The summed E-state index contributed by atoms with van der Waals surface area (Å²) in [5.74, 6) is 0.766. The summed E-state index contributed by atoms with van der Waals surface area (Å²) in [6.45, 7) is 6.44. The molecule has 0 spiro atoms. The van der Waals surface area contributed by atoms with Gasteiger partial charge in [0.1, 0.15) is 0 Å². The number of hydrogen-bond acceptors (Lipinski definition) is 4. The Morgan fingerprint density at radius 3 is 2.39 bits per heavy atom. The van der Waals surface area contributed by atoms with Gasteiger partial charge in [-0.1, -0.05) is 24.3 Å². The maximum Gasteiger partial charge on any atom is 0.257 e. The maximum absolute atomic E-state index is 12.5. The van der Waals surface area contributed by atoms with Gasteiger partial charge in [0, 0.05) is 46.0 Å². The largest absolute Gasteiger partial charge is 0.379 e. The van der Waals surface area contributed by atoms with Gasteiger partial charge in [0.15, 0.2) is 0 Å². The highest BCUT2D eigenvalue weighted by Crippen LogP contribution is 2.23. The molecule has 6 nitrogen and oxygen atoms in total. The zero-order valence-corrected chi connectivity index (χ0v) is 16.7. The Morgan fingerprint density at radius 1 is 1.07 bits per heavy atom. The molecule has 0 N–H and O–H groups in total. The lowest BCUT2D eigenvalue weighted by molar-refractivity contribution is 0.0342. The Morgan fingerprint density at radius 2 is 1.75 bits per heavy atom. The lowest BCUT2D eigenvalue weighted by Crippen LogP contribution is -2.38. The summed E-state index contributed by atoms with van der Waals surface area (Å²) in [5.41, 5.74) is 3.47. The molecule has 2 aromatic rings. The molecule has 0 saturated carbocycles. The van der Waals surface area contributed by atoms with Gasteiger partial charge < -0.3 is 9.64 Å². The highest BCUT2D eigenvalue weighted by molar-refractivity contribution is 5.93. The van der Waals surface area contributed by atoms with E-state index in [4.69, 9.17) is 4.74 Å². The summed E-state index contributed by atoms with van der Waals surface area (Å²) in [7, 11) is 1.84. The molecule has 0 atom stereocenters. The normalized spacial score (nSPS) is 19.1. The molecule has 150 valence electrons. The highest BCUT2D eigenvalue weighted by Gasteiger charge is 2.24. The van der Waals surface area contributed by atoms with Crippen LogP contribution in [0, 0.1) is 5.92 Å². The van der Waals surface area contributed by atoms with E-state index in [0.717, 1.165) is 65.2 Å². The number of hydrogen-bond donors (Lipinski definition) is 0.